The molecule has 0 aromatic carbocycles. The highest BCUT2D eigenvalue weighted by molar-refractivity contribution is 6.88. The number of carbonyl (C=O) groups is 4. The van der Waals surface area contributed by atoms with Crippen molar-refractivity contribution in [3.8, 4) is 0 Å². The number of hydrogen-bond acceptors (Lipinski definition) is 8. The van der Waals surface area contributed by atoms with Crippen LogP contribution in [0.5, 0.6) is 0 Å². The molecule has 6 aliphatic rings. The largest absolute Gasteiger partial charge is 0.436 e. The molecule has 0 radical (unpaired) electrons. The topological polar surface area (TPSA) is 105 Å². The summed E-state index contributed by atoms with van der Waals surface area (Å²) >= 11 is 0. The van der Waals surface area contributed by atoms with Gasteiger partial charge in [0.05, 0.1) is 23.7 Å². The molecule has 0 N–H and O–H groups in total. The predicted molar refractivity (Wildman–Crippen MR) is 131 cm³/mol. The van der Waals surface area contributed by atoms with Crippen LogP contribution in [-0.2, 0) is 36.9 Å². The number of cyclic esters (lactones) is 4. The van der Waals surface area contributed by atoms with E-state index in [1.807, 2.05) is 0 Å². The van der Waals surface area contributed by atoms with E-state index in [0.717, 1.165) is 25.7 Å². The quantitative estimate of drug-likeness (QED) is 0.288. The van der Waals surface area contributed by atoms with Crippen LogP contribution in [0, 0.1) is 47.3 Å². The molecule has 0 aromatic rings. The number of carbonyl (C=O) groups excluding carboxylic acids is 4. The van der Waals surface area contributed by atoms with E-state index in [1.165, 1.54) is 0 Å². The third-order valence-corrected chi connectivity index (χ3v) is 23.3. The van der Waals surface area contributed by atoms with Crippen LogP contribution in [0.2, 0.25) is 50.4 Å². The molecule has 6 fully saturated rings. The highest BCUT2D eigenvalue weighted by atomic mass is 28.5. The molecule has 0 spiro atoms. The van der Waals surface area contributed by atoms with Gasteiger partial charge >= 0.3 is 32.4 Å². The number of hydrogen-bond donors (Lipinski definition) is 0. The fourth-order valence-electron chi connectivity index (χ4n) is 9.55. The number of ether oxygens (including phenoxy) is 2. The Bertz CT molecular complexity index is 946. The summed E-state index contributed by atoms with van der Waals surface area (Å²) in [6.45, 7) is 13.2. The first-order chi connectivity index (χ1) is 16.2. The van der Waals surface area contributed by atoms with Gasteiger partial charge < -0.3 is 17.7 Å². The molecular formula is C24H36O8Si3. The van der Waals surface area contributed by atoms with Gasteiger partial charge in [-0.25, -0.2) is 0 Å². The van der Waals surface area contributed by atoms with E-state index >= 15 is 0 Å². The van der Waals surface area contributed by atoms with Crippen molar-refractivity contribution in [2.24, 2.45) is 47.3 Å². The maximum absolute atomic E-state index is 12.4. The van der Waals surface area contributed by atoms with Crippen molar-refractivity contribution in [3.63, 3.8) is 0 Å². The fourth-order valence-corrected chi connectivity index (χ4v) is 25.9. The summed E-state index contributed by atoms with van der Waals surface area (Å²) in [5, 5.41) is 0. The minimum Gasteiger partial charge on any atom is -0.436 e. The van der Waals surface area contributed by atoms with Crippen LogP contribution in [0.1, 0.15) is 25.7 Å². The summed E-state index contributed by atoms with van der Waals surface area (Å²) in [4.78, 5) is 49.1. The van der Waals surface area contributed by atoms with Crippen LogP contribution >= 0.6 is 0 Å². The van der Waals surface area contributed by atoms with Gasteiger partial charge in [-0.1, -0.05) is 0 Å². The van der Waals surface area contributed by atoms with Crippen molar-refractivity contribution in [2.75, 3.05) is 0 Å². The maximum Gasteiger partial charge on any atom is 0.317 e. The first-order valence-electron chi connectivity index (χ1n) is 13.1. The van der Waals surface area contributed by atoms with Crippen molar-refractivity contribution in [2.45, 2.75) is 76.0 Å². The van der Waals surface area contributed by atoms with E-state index in [1.54, 1.807) is 0 Å². The van der Waals surface area contributed by atoms with E-state index < -0.39 is 25.2 Å². The van der Waals surface area contributed by atoms with Crippen molar-refractivity contribution in [3.05, 3.63) is 0 Å². The van der Waals surface area contributed by atoms with E-state index in [-0.39, 0.29) is 71.2 Å². The number of rotatable bonds is 6. The zero-order valence-corrected chi connectivity index (χ0v) is 24.4. The molecule has 4 aliphatic carbocycles. The lowest BCUT2D eigenvalue weighted by molar-refractivity contribution is -0.156. The van der Waals surface area contributed by atoms with Crippen LogP contribution in [0.25, 0.3) is 0 Å². The Morgan fingerprint density at radius 3 is 1.29 bits per heavy atom. The molecule has 2 heterocycles. The maximum atomic E-state index is 12.4. The Labute approximate surface area is 209 Å². The Hall–Kier alpha value is -1.15. The Morgan fingerprint density at radius 1 is 0.571 bits per heavy atom. The average molecular weight is 537 g/mol. The lowest BCUT2D eigenvalue weighted by Gasteiger charge is -2.46. The lowest BCUT2D eigenvalue weighted by Crippen LogP contribution is -2.57. The molecule has 8 nitrogen and oxygen atoms in total. The standard InChI is InChI=1S/C24H36O8Si3/c1-33(2,15-9-11-7-13(15)19-17(11)21(25)29-23(19)27)31-35(5,6)32-34(3,4)16-10-12-8-14(16)20-18(12)22(26)30-24(20)28/h11-20H,7-10H2,1-6H3/t11?,12?,13?,14?,15-,16+,17?,18?,19?,20?. The first-order valence-corrected chi connectivity index (χ1v) is 21.9. The molecule has 11 heteroatoms. The summed E-state index contributed by atoms with van der Waals surface area (Å²) < 4.78 is 23.9. The molecule has 4 bridgehead atoms. The van der Waals surface area contributed by atoms with Crippen molar-refractivity contribution in [1.82, 2.24) is 0 Å². The van der Waals surface area contributed by atoms with Crippen molar-refractivity contribution >= 4 is 49.1 Å². The van der Waals surface area contributed by atoms with Crippen LogP contribution in [-0.4, -0.2) is 49.1 Å². The van der Waals surface area contributed by atoms with Gasteiger partial charge in [-0.2, -0.15) is 0 Å². The summed E-state index contributed by atoms with van der Waals surface area (Å²) in [6, 6.07) is 0. The van der Waals surface area contributed by atoms with E-state index in [2.05, 4.69) is 39.3 Å². The SMILES string of the molecule is C[Si](C)(O[Si](C)(C)[C@@H]1CC2CC1C1C(=O)OC(=O)C21)O[Si](C)(C)[C@H]1CC2CC1C1C(=O)OC(=O)C21. The minimum atomic E-state index is -2.54. The molecule has 192 valence electrons. The molecule has 0 aromatic heterocycles. The third kappa shape index (κ3) is 3.48. The second kappa shape index (κ2) is 7.46. The molecule has 6 rings (SSSR count). The summed E-state index contributed by atoms with van der Waals surface area (Å²) in [5.41, 5.74) is 0.629. The van der Waals surface area contributed by atoms with Gasteiger partial charge in [0, 0.05) is 0 Å². The second-order valence-corrected chi connectivity index (χ2v) is 25.7. The fraction of sp³-hybridized carbons (Fsp3) is 0.833. The highest BCUT2D eigenvalue weighted by Gasteiger charge is 2.68. The third-order valence-electron chi connectivity index (χ3n) is 10.3. The predicted octanol–water partition coefficient (Wildman–Crippen LogP) is 3.58. The smallest absolute Gasteiger partial charge is 0.317 e. The van der Waals surface area contributed by atoms with Gasteiger partial charge in [0.2, 0.25) is 0 Å². The minimum absolute atomic E-state index is 0.175. The Balaban J connectivity index is 1.15. The van der Waals surface area contributed by atoms with Crippen LogP contribution in [0.15, 0.2) is 0 Å². The Morgan fingerprint density at radius 2 is 0.914 bits per heavy atom. The van der Waals surface area contributed by atoms with E-state index in [4.69, 9.17) is 17.7 Å². The highest BCUT2D eigenvalue weighted by Crippen LogP contribution is 2.65. The zero-order valence-electron chi connectivity index (χ0n) is 21.4. The number of esters is 4. The summed E-state index contributed by atoms with van der Waals surface area (Å²) in [6.07, 6.45) is 3.72. The van der Waals surface area contributed by atoms with Gasteiger partial charge in [-0.15, -0.1) is 0 Å². The van der Waals surface area contributed by atoms with Crippen molar-refractivity contribution < 1.29 is 36.9 Å². The molecule has 0 amide bonds. The number of fused-ring (bicyclic) bond motifs is 10. The normalized spacial score (nSPS) is 44.2. The monoisotopic (exact) mass is 536 g/mol. The first kappa shape index (κ1) is 24.2. The van der Waals surface area contributed by atoms with Gasteiger partial charge in [0.1, 0.15) is 0 Å². The van der Waals surface area contributed by atoms with E-state index in [0.29, 0.717) is 11.1 Å². The van der Waals surface area contributed by atoms with Crippen LogP contribution in [0.3, 0.4) is 0 Å². The lowest BCUT2D eigenvalue weighted by atomic mass is 9.81. The molecule has 8 unspecified atom stereocenters. The molecule has 35 heavy (non-hydrogen) atoms. The van der Waals surface area contributed by atoms with Gasteiger partial charge in [-0.05, 0) is 99.7 Å². The molecule has 2 saturated heterocycles. The molecule has 2 aliphatic heterocycles. The molecule has 10 atom stereocenters. The molecule has 4 saturated carbocycles. The van der Waals surface area contributed by atoms with Crippen molar-refractivity contribution in [1.29, 1.82) is 0 Å². The van der Waals surface area contributed by atoms with E-state index in [9.17, 15) is 19.2 Å². The van der Waals surface area contributed by atoms with Crippen LogP contribution < -0.4 is 0 Å². The van der Waals surface area contributed by atoms with Gasteiger partial charge in [0.25, 0.3) is 0 Å². The zero-order chi connectivity index (χ0) is 25.2. The summed E-state index contributed by atoms with van der Waals surface area (Å²) in [5.74, 6) is -1.53. The second-order valence-electron chi connectivity index (χ2n) is 13.4. The van der Waals surface area contributed by atoms with Gasteiger partial charge in [0.15, 0.2) is 16.6 Å². The Kier molecular flexibility index (Phi) is 5.16. The molecular weight excluding hydrogens is 501 g/mol. The van der Waals surface area contributed by atoms with Crippen LogP contribution in [0.4, 0.5) is 0 Å². The van der Waals surface area contributed by atoms with Gasteiger partial charge in [-0.3, -0.25) is 19.2 Å². The average Bonchev–Trinajstić information content (AvgIpc) is 3.51. The summed E-state index contributed by atoms with van der Waals surface area (Å²) in [7, 11) is -7.03.